The van der Waals surface area contributed by atoms with Gasteiger partial charge in [0, 0.05) is 50.0 Å². The summed E-state index contributed by atoms with van der Waals surface area (Å²) in [5.41, 5.74) is 4.11. The molecule has 25 heavy (non-hydrogen) atoms. The lowest BCUT2D eigenvalue weighted by Gasteiger charge is -2.38. The molecule has 1 aromatic heterocycles. The zero-order chi connectivity index (χ0) is 17.8. The predicted molar refractivity (Wildman–Crippen MR) is 107 cm³/mol. The highest BCUT2D eigenvalue weighted by atomic mass is 32.1. The third-order valence-corrected chi connectivity index (χ3v) is 5.71. The second kappa shape index (κ2) is 7.87. The van der Waals surface area contributed by atoms with Crippen molar-refractivity contribution in [3.63, 3.8) is 0 Å². The number of piperazine rings is 1. The summed E-state index contributed by atoms with van der Waals surface area (Å²) in [6.07, 6.45) is 1.94. The normalized spacial score (nSPS) is 15.6. The number of nitrogens with zero attached hydrogens (tertiary/aromatic N) is 4. The van der Waals surface area contributed by atoms with Gasteiger partial charge in [0.05, 0.1) is 11.6 Å². The maximum atomic E-state index is 4.46. The summed E-state index contributed by atoms with van der Waals surface area (Å²) in [7, 11) is 1.86. The molecule has 0 atom stereocenters. The van der Waals surface area contributed by atoms with Gasteiger partial charge >= 0.3 is 0 Å². The molecule has 3 rings (SSSR count). The lowest BCUT2D eigenvalue weighted by Crippen LogP contribution is -2.52. The van der Waals surface area contributed by atoms with Crippen molar-refractivity contribution in [2.75, 3.05) is 38.1 Å². The zero-order valence-electron chi connectivity index (χ0n) is 15.5. The van der Waals surface area contributed by atoms with E-state index in [-0.39, 0.29) is 0 Å². The molecular weight excluding hydrogens is 330 g/mol. The molecule has 2 heterocycles. The van der Waals surface area contributed by atoms with Crippen molar-refractivity contribution in [3.05, 3.63) is 45.4 Å². The number of aliphatic imine (C=N–C) groups is 1. The topological polar surface area (TPSA) is 43.8 Å². The Morgan fingerprint density at radius 2 is 1.96 bits per heavy atom. The van der Waals surface area contributed by atoms with E-state index in [2.05, 4.69) is 57.1 Å². The lowest BCUT2D eigenvalue weighted by atomic mass is 10.1. The molecule has 1 N–H and O–H groups in total. The summed E-state index contributed by atoms with van der Waals surface area (Å²) < 4.78 is 0. The van der Waals surface area contributed by atoms with E-state index in [0.29, 0.717) is 0 Å². The van der Waals surface area contributed by atoms with Gasteiger partial charge in [0.15, 0.2) is 5.96 Å². The van der Waals surface area contributed by atoms with Gasteiger partial charge in [-0.3, -0.25) is 4.99 Å². The van der Waals surface area contributed by atoms with Crippen molar-refractivity contribution < 1.29 is 0 Å². The van der Waals surface area contributed by atoms with Gasteiger partial charge in [-0.2, -0.15) is 0 Å². The third kappa shape index (κ3) is 4.12. The van der Waals surface area contributed by atoms with E-state index >= 15 is 0 Å². The first kappa shape index (κ1) is 17.7. The average Bonchev–Trinajstić information content (AvgIpc) is 3.04. The maximum absolute atomic E-state index is 4.46. The van der Waals surface area contributed by atoms with Crippen LogP contribution in [0, 0.1) is 20.8 Å². The van der Waals surface area contributed by atoms with Crippen molar-refractivity contribution in [3.8, 4) is 0 Å². The molecule has 0 unspecified atom stereocenters. The first-order chi connectivity index (χ1) is 12.1. The van der Waals surface area contributed by atoms with Gasteiger partial charge < -0.3 is 15.1 Å². The predicted octanol–water partition coefficient (Wildman–Crippen LogP) is 2.97. The SMILES string of the molecule is CN=C(NCc1cnc(C)s1)N1CCN(c2cccc(C)c2C)CC1. The van der Waals surface area contributed by atoms with Crippen LogP contribution in [0.4, 0.5) is 5.69 Å². The monoisotopic (exact) mass is 357 g/mol. The van der Waals surface area contributed by atoms with Crippen LogP contribution in [0.5, 0.6) is 0 Å². The summed E-state index contributed by atoms with van der Waals surface area (Å²) in [4.78, 5) is 14.8. The molecule has 0 aliphatic carbocycles. The lowest BCUT2D eigenvalue weighted by molar-refractivity contribution is 0.372. The first-order valence-electron chi connectivity index (χ1n) is 8.76. The molecular formula is C19H27N5S. The highest BCUT2D eigenvalue weighted by Gasteiger charge is 2.21. The van der Waals surface area contributed by atoms with E-state index in [9.17, 15) is 0 Å². The molecule has 1 saturated heterocycles. The summed E-state index contributed by atoms with van der Waals surface area (Å²) in [6, 6.07) is 6.57. The quantitative estimate of drug-likeness (QED) is 0.677. The van der Waals surface area contributed by atoms with Gasteiger partial charge in [0.2, 0.25) is 0 Å². The summed E-state index contributed by atoms with van der Waals surface area (Å²) in [5.74, 6) is 0.978. The zero-order valence-corrected chi connectivity index (χ0v) is 16.4. The first-order valence-corrected chi connectivity index (χ1v) is 9.58. The maximum Gasteiger partial charge on any atom is 0.194 e. The van der Waals surface area contributed by atoms with Gasteiger partial charge in [-0.15, -0.1) is 11.3 Å². The minimum atomic E-state index is 0.787. The number of benzene rings is 1. The van der Waals surface area contributed by atoms with Crippen molar-refractivity contribution in [1.29, 1.82) is 0 Å². The second-order valence-corrected chi connectivity index (χ2v) is 7.76. The van der Waals surface area contributed by atoms with E-state index < -0.39 is 0 Å². The number of nitrogens with one attached hydrogen (secondary N) is 1. The molecule has 2 aromatic rings. The van der Waals surface area contributed by atoms with E-state index in [4.69, 9.17) is 0 Å². The molecule has 1 fully saturated rings. The minimum Gasteiger partial charge on any atom is -0.368 e. The number of guanidine groups is 1. The smallest absolute Gasteiger partial charge is 0.194 e. The van der Waals surface area contributed by atoms with Crippen LogP contribution < -0.4 is 10.2 Å². The highest BCUT2D eigenvalue weighted by Crippen LogP contribution is 2.23. The Kier molecular flexibility index (Phi) is 5.58. The van der Waals surface area contributed by atoms with Crippen LogP contribution in [-0.2, 0) is 6.54 Å². The Morgan fingerprint density at radius 3 is 2.60 bits per heavy atom. The van der Waals surface area contributed by atoms with Crippen LogP contribution in [0.15, 0.2) is 29.4 Å². The Morgan fingerprint density at radius 1 is 1.20 bits per heavy atom. The average molecular weight is 358 g/mol. The molecule has 0 radical (unpaired) electrons. The van der Waals surface area contributed by atoms with E-state index in [0.717, 1.165) is 43.7 Å². The molecule has 0 amide bonds. The molecule has 1 aliphatic heterocycles. The highest BCUT2D eigenvalue weighted by molar-refractivity contribution is 7.11. The van der Waals surface area contributed by atoms with Gasteiger partial charge in [-0.25, -0.2) is 4.98 Å². The van der Waals surface area contributed by atoms with E-state index in [1.807, 2.05) is 20.2 Å². The fourth-order valence-electron chi connectivity index (χ4n) is 3.22. The van der Waals surface area contributed by atoms with E-state index in [1.165, 1.54) is 21.7 Å². The number of anilines is 1. The molecule has 5 nitrogen and oxygen atoms in total. The van der Waals surface area contributed by atoms with Gasteiger partial charge in [-0.1, -0.05) is 12.1 Å². The number of aromatic nitrogens is 1. The molecule has 6 heteroatoms. The number of hydrogen-bond donors (Lipinski definition) is 1. The molecule has 1 aromatic carbocycles. The molecule has 1 aliphatic rings. The fraction of sp³-hybridized carbons (Fsp3) is 0.474. The molecule has 0 saturated carbocycles. The van der Waals surface area contributed by atoms with Crippen LogP contribution in [0.25, 0.3) is 0 Å². The summed E-state index contributed by atoms with van der Waals surface area (Å²) in [6.45, 7) is 11.2. The number of hydrogen-bond acceptors (Lipinski definition) is 4. The third-order valence-electron chi connectivity index (χ3n) is 4.80. The van der Waals surface area contributed by atoms with Crippen LogP contribution in [0.3, 0.4) is 0 Å². The number of aryl methyl sites for hydroxylation is 2. The van der Waals surface area contributed by atoms with E-state index in [1.54, 1.807) is 11.3 Å². The Labute approximate surface area is 154 Å². The Balaban J connectivity index is 1.57. The van der Waals surface area contributed by atoms with Gasteiger partial charge in [0.25, 0.3) is 0 Å². The van der Waals surface area contributed by atoms with Crippen LogP contribution in [-0.4, -0.2) is 49.1 Å². The standard InChI is InChI=1S/C19H27N5S/c1-14-6-5-7-18(15(14)2)23-8-10-24(11-9-23)19(20-4)22-13-17-12-21-16(3)25-17/h5-7,12H,8-11,13H2,1-4H3,(H,20,22). The van der Waals surface area contributed by atoms with Crippen molar-refractivity contribution in [1.82, 2.24) is 15.2 Å². The minimum absolute atomic E-state index is 0.787. The Hall–Kier alpha value is -2.08. The summed E-state index contributed by atoms with van der Waals surface area (Å²) >= 11 is 1.73. The van der Waals surface area contributed by atoms with Crippen LogP contribution in [0.2, 0.25) is 0 Å². The molecule has 134 valence electrons. The van der Waals surface area contributed by atoms with Crippen molar-refractivity contribution in [2.45, 2.75) is 27.3 Å². The molecule has 0 spiro atoms. The van der Waals surface area contributed by atoms with Crippen molar-refractivity contribution >= 4 is 23.0 Å². The molecule has 0 bridgehead atoms. The Bertz CT molecular complexity index is 744. The van der Waals surface area contributed by atoms with Gasteiger partial charge in [-0.05, 0) is 38.0 Å². The van der Waals surface area contributed by atoms with Crippen LogP contribution >= 0.6 is 11.3 Å². The largest absolute Gasteiger partial charge is 0.368 e. The fourth-order valence-corrected chi connectivity index (χ4v) is 3.96. The number of rotatable bonds is 3. The second-order valence-electron chi connectivity index (χ2n) is 6.44. The van der Waals surface area contributed by atoms with Gasteiger partial charge in [0.1, 0.15) is 0 Å². The van der Waals surface area contributed by atoms with Crippen molar-refractivity contribution in [2.24, 2.45) is 4.99 Å². The summed E-state index contributed by atoms with van der Waals surface area (Å²) in [5, 5.41) is 4.58. The number of thiazole rings is 1. The van der Waals surface area contributed by atoms with Crippen LogP contribution in [0.1, 0.15) is 21.0 Å².